The molecular formula is C15H22FNOS. The van der Waals surface area contributed by atoms with Crippen molar-refractivity contribution in [3.8, 4) is 0 Å². The van der Waals surface area contributed by atoms with Crippen LogP contribution in [0.2, 0.25) is 0 Å². The molecular weight excluding hydrogens is 261 g/mol. The molecule has 106 valence electrons. The molecule has 0 aromatic heterocycles. The molecule has 0 spiro atoms. The van der Waals surface area contributed by atoms with Crippen LogP contribution in [0.1, 0.15) is 32.3 Å². The molecule has 1 aliphatic rings. The molecule has 19 heavy (non-hydrogen) atoms. The fourth-order valence-corrected chi connectivity index (χ4v) is 3.37. The minimum atomic E-state index is -0.134. The quantitative estimate of drug-likeness (QED) is 0.900. The average Bonchev–Trinajstić information content (AvgIpc) is 2.78. The second-order valence-electron chi connectivity index (χ2n) is 5.16. The topological polar surface area (TPSA) is 35.2 Å². The van der Waals surface area contributed by atoms with Crippen molar-refractivity contribution in [1.82, 2.24) is 0 Å². The van der Waals surface area contributed by atoms with Gasteiger partial charge in [-0.05, 0) is 43.9 Å². The second kappa shape index (κ2) is 6.73. The molecule has 1 heterocycles. The molecule has 2 rings (SSSR count). The predicted molar refractivity (Wildman–Crippen MR) is 78.0 cm³/mol. The molecule has 2 nitrogen and oxygen atoms in total. The number of benzene rings is 1. The van der Waals surface area contributed by atoms with Crippen molar-refractivity contribution >= 4 is 11.8 Å². The molecule has 1 aliphatic heterocycles. The summed E-state index contributed by atoms with van der Waals surface area (Å²) in [7, 11) is 0. The lowest BCUT2D eigenvalue weighted by atomic mass is 10.0. The Balaban J connectivity index is 2.02. The van der Waals surface area contributed by atoms with Crippen LogP contribution in [0.15, 0.2) is 23.1 Å². The number of ether oxygens (including phenoxy) is 1. The molecule has 1 fully saturated rings. The van der Waals surface area contributed by atoms with E-state index in [4.69, 9.17) is 10.5 Å². The Labute approximate surface area is 118 Å². The molecule has 0 radical (unpaired) electrons. The third kappa shape index (κ3) is 3.94. The molecule has 0 aliphatic carbocycles. The van der Waals surface area contributed by atoms with Crippen LogP contribution in [-0.2, 0) is 11.2 Å². The number of thioether (sulfide) groups is 1. The molecule has 1 aromatic rings. The lowest BCUT2D eigenvalue weighted by molar-refractivity contribution is 0.127. The molecule has 0 saturated carbocycles. The lowest BCUT2D eigenvalue weighted by Gasteiger charge is -2.15. The van der Waals surface area contributed by atoms with Gasteiger partial charge in [0.2, 0.25) is 0 Å². The highest BCUT2D eigenvalue weighted by Gasteiger charge is 2.26. The van der Waals surface area contributed by atoms with E-state index in [1.807, 2.05) is 19.1 Å². The molecule has 0 amide bonds. The fourth-order valence-electron chi connectivity index (χ4n) is 2.24. The van der Waals surface area contributed by atoms with Gasteiger partial charge in [-0.15, -0.1) is 11.8 Å². The summed E-state index contributed by atoms with van der Waals surface area (Å²) in [5.74, 6) is -0.134. The standard InChI is InChI=1S/C15H22FNOS/c1-3-12(17)8-11-4-5-15(13(16)9-11)19-14-6-7-18-10(14)2/h4-5,9-10,12,14H,3,6-8,17H2,1-2H3. The SMILES string of the molecule is CCC(N)Cc1ccc(SC2CCOC2C)c(F)c1. The van der Waals surface area contributed by atoms with Gasteiger partial charge in [0.1, 0.15) is 5.82 Å². The Morgan fingerprint density at radius 1 is 1.53 bits per heavy atom. The first kappa shape index (κ1) is 14.8. The summed E-state index contributed by atoms with van der Waals surface area (Å²) in [5, 5.41) is 0.359. The lowest BCUT2D eigenvalue weighted by Crippen LogP contribution is -2.21. The third-order valence-corrected chi connectivity index (χ3v) is 5.11. The van der Waals surface area contributed by atoms with Crippen LogP contribution < -0.4 is 5.73 Å². The van der Waals surface area contributed by atoms with Crippen molar-refractivity contribution in [2.24, 2.45) is 5.73 Å². The van der Waals surface area contributed by atoms with Crippen molar-refractivity contribution in [3.05, 3.63) is 29.6 Å². The van der Waals surface area contributed by atoms with Gasteiger partial charge in [-0.25, -0.2) is 4.39 Å². The summed E-state index contributed by atoms with van der Waals surface area (Å²) in [6.45, 7) is 4.88. The largest absolute Gasteiger partial charge is 0.377 e. The second-order valence-corrected chi connectivity index (χ2v) is 6.44. The van der Waals surface area contributed by atoms with Crippen LogP contribution in [0, 0.1) is 5.82 Å². The van der Waals surface area contributed by atoms with E-state index in [1.165, 1.54) is 0 Å². The fraction of sp³-hybridized carbons (Fsp3) is 0.600. The highest BCUT2D eigenvalue weighted by atomic mass is 32.2. The van der Waals surface area contributed by atoms with E-state index in [-0.39, 0.29) is 18.0 Å². The minimum absolute atomic E-state index is 0.112. The van der Waals surface area contributed by atoms with E-state index in [9.17, 15) is 4.39 Å². The Bertz CT molecular complexity index is 427. The van der Waals surface area contributed by atoms with Crippen molar-refractivity contribution in [3.63, 3.8) is 0 Å². The minimum Gasteiger partial charge on any atom is -0.377 e. The van der Waals surface area contributed by atoms with Gasteiger partial charge in [-0.2, -0.15) is 0 Å². The zero-order valence-corrected chi connectivity index (χ0v) is 12.4. The summed E-state index contributed by atoms with van der Waals surface area (Å²) in [6.07, 6.45) is 2.85. The van der Waals surface area contributed by atoms with Gasteiger partial charge in [0.15, 0.2) is 0 Å². The number of rotatable bonds is 5. The molecule has 2 N–H and O–H groups in total. The zero-order chi connectivity index (χ0) is 13.8. The van der Waals surface area contributed by atoms with Gasteiger partial charge < -0.3 is 10.5 Å². The van der Waals surface area contributed by atoms with Crippen LogP contribution in [-0.4, -0.2) is 24.0 Å². The van der Waals surface area contributed by atoms with Crippen LogP contribution in [0.3, 0.4) is 0 Å². The summed E-state index contributed by atoms with van der Waals surface area (Å²) in [6, 6.07) is 5.60. The number of hydrogen-bond acceptors (Lipinski definition) is 3. The van der Waals surface area contributed by atoms with Gasteiger partial charge in [-0.3, -0.25) is 0 Å². The first-order chi connectivity index (χ1) is 9.10. The number of nitrogens with two attached hydrogens (primary N) is 1. The molecule has 1 saturated heterocycles. The van der Waals surface area contributed by atoms with Crippen LogP contribution >= 0.6 is 11.8 Å². The van der Waals surface area contributed by atoms with E-state index >= 15 is 0 Å². The van der Waals surface area contributed by atoms with E-state index in [0.717, 1.165) is 36.3 Å². The molecule has 4 heteroatoms. The number of hydrogen-bond donors (Lipinski definition) is 1. The van der Waals surface area contributed by atoms with Crippen molar-refractivity contribution in [1.29, 1.82) is 0 Å². The zero-order valence-electron chi connectivity index (χ0n) is 11.6. The van der Waals surface area contributed by atoms with E-state index in [2.05, 4.69) is 6.92 Å². The van der Waals surface area contributed by atoms with Gasteiger partial charge in [-0.1, -0.05) is 13.0 Å². The van der Waals surface area contributed by atoms with Gasteiger partial charge in [0, 0.05) is 22.8 Å². The van der Waals surface area contributed by atoms with Crippen LogP contribution in [0.25, 0.3) is 0 Å². The normalized spacial score (nSPS) is 24.6. The Morgan fingerprint density at radius 3 is 2.89 bits per heavy atom. The molecule has 0 bridgehead atoms. The summed E-state index contributed by atoms with van der Waals surface area (Å²) >= 11 is 1.59. The van der Waals surface area contributed by atoms with E-state index in [0.29, 0.717) is 5.25 Å². The Kier molecular flexibility index (Phi) is 5.25. The summed E-state index contributed by atoms with van der Waals surface area (Å²) < 4.78 is 19.6. The van der Waals surface area contributed by atoms with Crippen molar-refractivity contribution < 1.29 is 9.13 Å². The van der Waals surface area contributed by atoms with Gasteiger partial charge >= 0.3 is 0 Å². The highest BCUT2D eigenvalue weighted by Crippen LogP contribution is 2.34. The first-order valence-electron chi connectivity index (χ1n) is 6.92. The van der Waals surface area contributed by atoms with Gasteiger partial charge in [0.05, 0.1) is 6.10 Å². The summed E-state index contributed by atoms with van der Waals surface area (Å²) in [4.78, 5) is 0.719. The van der Waals surface area contributed by atoms with Crippen LogP contribution in [0.4, 0.5) is 4.39 Å². The Morgan fingerprint density at radius 2 is 2.32 bits per heavy atom. The highest BCUT2D eigenvalue weighted by molar-refractivity contribution is 8.00. The maximum Gasteiger partial charge on any atom is 0.137 e. The first-order valence-corrected chi connectivity index (χ1v) is 7.80. The van der Waals surface area contributed by atoms with E-state index < -0.39 is 0 Å². The average molecular weight is 283 g/mol. The predicted octanol–water partition coefficient (Wildman–Crippen LogP) is 3.38. The maximum atomic E-state index is 14.1. The molecule has 3 unspecified atom stereocenters. The smallest absolute Gasteiger partial charge is 0.137 e. The van der Waals surface area contributed by atoms with E-state index in [1.54, 1.807) is 17.8 Å². The summed E-state index contributed by atoms with van der Waals surface area (Å²) in [5.41, 5.74) is 6.88. The molecule has 1 aromatic carbocycles. The monoisotopic (exact) mass is 283 g/mol. The third-order valence-electron chi connectivity index (χ3n) is 3.60. The number of halogens is 1. The van der Waals surface area contributed by atoms with Crippen molar-refractivity contribution in [2.75, 3.05) is 6.61 Å². The van der Waals surface area contributed by atoms with Gasteiger partial charge in [0.25, 0.3) is 0 Å². The Hall–Kier alpha value is -0.580. The van der Waals surface area contributed by atoms with Crippen molar-refractivity contribution in [2.45, 2.75) is 55.4 Å². The van der Waals surface area contributed by atoms with Crippen LogP contribution in [0.5, 0.6) is 0 Å². The maximum absolute atomic E-state index is 14.1. The molecule has 3 atom stereocenters.